The number of aromatic nitrogens is 2. The van der Waals surface area contributed by atoms with E-state index < -0.39 is 10.0 Å². The molecule has 0 fully saturated rings. The van der Waals surface area contributed by atoms with Crippen molar-refractivity contribution in [3.05, 3.63) is 64.7 Å². The molecule has 0 saturated carbocycles. The zero-order valence-electron chi connectivity index (χ0n) is 17.3. The van der Waals surface area contributed by atoms with Gasteiger partial charge in [-0.25, -0.2) is 18.4 Å². The van der Waals surface area contributed by atoms with Crippen LogP contribution < -0.4 is 5.32 Å². The summed E-state index contributed by atoms with van der Waals surface area (Å²) in [5.41, 5.74) is 1.62. The fraction of sp³-hybridized carbons (Fsp3) is 0.286. The summed E-state index contributed by atoms with van der Waals surface area (Å²) >= 11 is 2.92. The van der Waals surface area contributed by atoms with E-state index in [0.717, 1.165) is 21.4 Å². The molecule has 0 unspecified atom stereocenters. The summed E-state index contributed by atoms with van der Waals surface area (Å²) in [6.07, 6.45) is 1.62. The molecule has 31 heavy (non-hydrogen) atoms. The van der Waals surface area contributed by atoms with E-state index in [1.165, 1.54) is 33.6 Å². The number of hydrogen-bond donors (Lipinski definition) is 1. The molecule has 0 spiro atoms. The minimum absolute atomic E-state index is 0.105. The minimum Gasteiger partial charge on any atom is -0.326 e. The zero-order chi connectivity index (χ0) is 22.3. The first-order valence-electron chi connectivity index (χ1n) is 9.79. The van der Waals surface area contributed by atoms with Crippen molar-refractivity contribution >= 4 is 44.7 Å². The molecule has 2 heterocycles. The molecule has 3 aromatic rings. The van der Waals surface area contributed by atoms with Crippen molar-refractivity contribution in [3.63, 3.8) is 0 Å². The van der Waals surface area contributed by atoms with Gasteiger partial charge in [-0.15, -0.1) is 23.1 Å². The number of para-hydroxylation sites is 1. The monoisotopic (exact) mass is 476 g/mol. The number of benzene rings is 1. The average Bonchev–Trinajstić information content (AvgIpc) is 3.21. The molecule has 1 amide bonds. The molecule has 0 aliphatic rings. The molecule has 1 N–H and O–H groups in total. The van der Waals surface area contributed by atoms with Crippen LogP contribution in [0.4, 0.5) is 5.69 Å². The highest BCUT2D eigenvalue weighted by molar-refractivity contribution is 7.98. The van der Waals surface area contributed by atoms with Gasteiger partial charge in [0.25, 0.3) is 0 Å². The van der Waals surface area contributed by atoms with Gasteiger partial charge < -0.3 is 5.32 Å². The van der Waals surface area contributed by atoms with E-state index in [0.29, 0.717) is 18.8 Å². The largest absolute Gasteiger partial charge is 0.326 e. The molecule has 0 atom stereocenters. The van der Waals surface area contributed by atoms with Gasteiger partial charge in [0.1, 0.15) is 9.90 Å². The number of carbonyl (C=O) groups excluding carboxylic acids is 1. The Balaban J connectivity index is 1.54. The molecule has 164 valence electrons. The number of carbonyl (C=O) groups is 1. The molecule has 2 aromatic heterocycles. The predicted molar refractivity (Wildman–Crippen MR) is 125 cm³/mol. The van der Waals surface area contributed by atoms with Gasteiger partial charge in [-0.1, -0.05) is 32.0 Å². The van der Waals surface area contributed by atoms with Crippen LogP contribution in [-0.2, 0) is 27.0 Å². The lowest BCUT2D eigenvalue weighted by molar-refractivity contribution is -0.115. The Kier molecular flexibility index (Phi) is 8.19. The SMILES string of the molecule is CCN(CC)S(=O)(=O)c1ccc(SCc2csc(CC(=O)Nc3ccccc3)n2)nc1. The van der Waals surface area contributed by atoms with Gasteiger partial charge in [0, 0.05) is 36.1 Å². The van der Waals surface area contributed by atoms with Crippen LogP contribution in [0.15, 0.2) is 64.0 Å². The Labute approximate surface area is 191 Å². The highest BCUT2D eigenvalue weighted by Crippen LogP contribution is 2.24. The normalized spacial score (nSPS) is 11.6. The second-order valence-corrected chi connectivity index (χ2v) is 10.4. The Morgan fingerprint density at radius 2 is 1.87 bits per heavy atom. The van der Waals surface area contributed by atoms with E-state index in [-0.39, 0.29) is 17.2 Å². The van der Waals surface area contributed by atoms with E-state index in [4.69, 9.17) is 0 Å². The van der Waals surface area contributed by atoms with Crippen LogP contribution in [0.2, 0.25) is 0 Å². The second-order valence-electron chi connectivity index (χ2n) is 6.53. The number of thioether (sulfide) groups is 1. The van der Waals surface area contributed by atoms with Gasteiger partial charge in [0.15, 0.2) is 0 Å². The van der Waals surface area contributed by atoms with Crippen LogP contribution in [0.25, 0.3) is 0 Å². The lowest BCUT2D eigenvalue weighted by Crippen LogP contribution is -2.30. The number of thiazole rings is 1. The van der Waals surface area contributed by atoms with Gasteiger partial charge in [0.05, 0.1) is 17.1 Å². The number of sulfonamides is 1. The zero-order valence-corrected chi connectivity index (χ0v) is 19.8. The van der Waals surface area contributed by atoms with Gasteiger partial charge >= 0.3 is 0 Å². The summed E-state index contributed by atoms with van der Waals surface area (Å²) in [7, 11) is -3.50. The molecule has 7 nitrogen and oxygen atoms in total. The van der Waals surface area contributed by atoms with Crippen molar-refractivity contribution in [2.24, 2.45) is 0 Å². The average molecular weight is 477 g/mol. The quantitative estimate of drug-likeness (QED) is 0.444. The number of pyridine rings is 1. The summed E-state index contributed by atoms with van der Waals surface area (Å²) in [5, 5.41) is 6.24. The van der Waals surface area contributed by atoms with Crippen molar-refractivity contribution in [2.75, 3.05) is 18.4 Å². The van der Waals surface area contributed by atoms with Gasteiger partial charge in [0.2, 0.25) is 15.9 Å². The van der Waals surface area contributed by atoms with Crippen molar-refractivity contribution in [1.82, 2.24) is 14.3 Å². The molecule has 0 radical (unpaired) electrons. The van der Waals surface area contributed by atoms with Crippen LogP contribution in [-0.4, -0.2) is 41.7 Å². The first-order valence-corrected chi connectivity index (χ1v) is 13.1. The summed E-state index contributed by atoms with van der Waals surface area (Å²) < 4.78 is 26.5. The summed E-state index contributed by atoms with van der Waals surface area (Å²) in [6.45, 7) is 4.47. The maximum absolute atomic E-state index is 12.5. The number of nitrogens with zero attached hydrogens (tertiary/aromatic N) is 3. The molecular weight excluding hydrogens is 452 g/mol. The fourth-order valence-electron chi connectivity index (χ4n) is 2.83. The molecule has 1 aromatic carbocycles. The van der Waals surface area contributed by atoms with Crippen molar-refractivity contribution < 1.29 is 13.2 Å². The highest BCUT2D eigenvalue weighted by Gasteiger charge is 2.21. The molecular formula is C21H24N4O3S3. The Morgan fingerprint density at radius 1 is 1.13 bits per heavy atom. The third-order valence-corrected chi connectivity index (χ3v) is 8.30. The molecule has 0 aliphatic carbocycles. The number of hydrogen-bond acceptors (Lipinski definition) is 7. The standard InChI is InChI=1S/C21H24N4O3S3/c1-3-25(4-2)31(27,28)18-10-11-20(22-13-18)29-14-17-15-30-21(24-17)12-19(26)23-16-8-6-5-7-9-16/h5-11,13,15H,3-4,12,14H2,1-2H3,(H,23,26). The molecule has 0 bridgehead atoms. The van der Waals surface area contributed by atoms with Crippen LogP contribution >= 0.6 is 23.1 Å². The topological polar surface area (TPSA) is 92.3 Å². The highest BCUT2D eigenvalue weighted by atomic mass is 32.2. The first-order chi connectivity index (χ1) is 14.9. The number of anilines is 1. The van der Waals surface area contributed by atoms with Crippen molar-refractivity contribution in [1.29, 1.82) is 0 Å². The first kappa shape index (κ1) is 23.4. The van der Waals surface area contributed by atoms with Crippen molar-refractivity contribution in [3.8, 4) is 0 Å². The van der Waals surface area contributed by atoms with Gasteiger partial charge in [-0.05, 0) is 24.3 Å². The predicted octanol–water partition coefficient (Wildman–Crippen LogP) is 4.04. The number of amides is 1. The van der Waals surface area contributed by atoms with E-state index in [1.54, 1.807) is 12.1 Å². The molecule has 0 aliphatic heterocycles. The summed E-state index contributed by atoms with van der Waals surface area (Å²) in [6, 6.07) is 12.6. The maximum atomic E-state index is 12.5. The van der Waals surface area contributed by atoms with Crippen LogP contribution in [0.5, 0.6) is 0 Å². The second kappa shape index (κ2) is 10.9. The Morgan fingerprint density at radius 3 is 2.52 bits per heavy atom. The van der Waals surface area contributed by atoms with E-state index in [9.17, 15) is 13.2 Å². The summed E-state index contributed by atoms with van der Waals surface area (Å²) in [5.74, 6) is 0.484. The Bertz CT molecular complexity index is 1100. The Hall–Kier alpha value is -2.27. The number of nitrogens with one attached hydrogen (secondary N) is 1. The summed E-state index contributed by atoms with van der Waals surface area (Å²) in [4.78, 5) is 21.2. The lowest BCUT2D eigenvalue weighted by Gasteiger charge is -2.18. The maximum Gasteiger partial charge on any atom is 0.244 e. The molecule has 10 heteroatoms. The number of rotatable bonds is 10. The van der Waals surface area contributed by atoms with E-state index >= 15 is 0 Å². The minimum atomic E-state index is -3.50. The van der Waals surface area contributed by atoms with E-state index in [2.05, 4.69) is 15.3 Å². The third kappa shape index (κ3) is 6.36. The molecule has 3 rings (SSSR count). The fourth-order valence-corrected chi connectivity index (χ4v) is 5.86. The van der Waals surface area contributed by atoms with Gasteiger partial charge in [-0.2, -0.15) is 4.31 Å². The van der Waals surface area contributed by atoms with Crippen LogP contribution in [0, 0.1) is 0 Å². The molecule has 0 saturated heterocycles. The van der Waals surface area contributed by atoms with Crippen LogP contribution in [0.1, 0.15) is 24.5 Å². The van der Waals surface area contributed by atoms with Crippen molar-refractivity contribution in [2.45, 2.75) is 35.9 Å². The smallest absolute Gasteiger partial charge is 0.244 e. The lowest BCUT2D eigenvalue weighted by atomic mass is 10.3. The van der Waals surface area contributed by atoms with E-state index in [1.807, 2.05) is 49.6 Å². The van der Waals surface area contributed by atoms with Crippen LogP contribution in [0.3, 0.4) is 0 Å². The third-order valence-electron chi connectivity index (χ3n) is 4.39. The van der Waals surface area contributed by atoms with Gasteiger partial charge in [-0.3, -0.25) is 4.79 Å².